The van der Waals surface area contributed by atoms with Crippen LogP contribution < -0.4 is 10.2 Å². The third-order valence-corrected chi connectivity index (χ3v) is 3.98. The molecule has 1 aliphatic heterocycles. The first-order valence-electron chi connectivity index (χ1n) is 7.66. The number of hydrogen-bond acceptors (Lipinski definition) is 4. The van der Waals surface area contributed by atoms with Gasteiger partial charge in [-0.25, -0.2) is 13.8 Å². The molecule has 3 rings (SSSR count). The van der Waals surface area contributed by atoms with E-state index in [0.717, 1.165) is 29.8 Å². The summed E-state index contributed by atoms with van der Waals surface area (Å²) in [6, 6.07) is 7.59. The average Bonchev–Trinajstić information content (AvgIpc) is 2.59. The van der Waals surface area contributed by atoms with Gasteiger partial charge in [0.1, 0.15) is 5.82 Å². The van der Waals surface area contributed by atoms with Gasteiger partial charge in [-0.3, -0.25) is 9.78 Å². The number of nitrogens with zero attached hydrogens (tertiary/aromatic N) is 3. The van der Waals surface area contributed by atoms with Crippen LogP contribution in [0.3, 0.4) is 0 Å². The zero-order valence-electron chi connectivity index (χ0n) is 12.6. The molecular formula is C16H18F2N4O. The molecule has 122 valence electrons. The number of anilines is 1. The number of fused-ring (bicyclic) bond motifs is 1. The van der Waals surface area contributed by atoms with Crippen LogP contribution in [0.25, 0.3) is 11.0 Å². The lowest BCUT2D eigenvalue weighted by molar-refractivity contribution is -0.125. The molecule has 0 aliphatic carbocycles. The van der Waals surface area contributed by atoms with Gasteiger partial charge in [0.2, 0.25) is 5.91 Å². The number of nitrogens with one attached hydrogen (secondary N) is 1. The third-order valence-electron chi connectivity index (χ3n) is 3.98. The van der Waals surface area contributed by atoms with Crippen LogP contribution >= 0.6 is 0 Å². The van der Waals surface area contributed by atoms with Gasteiger partial charge < -0.3 is 10.2 Å². The molecule has 7 heteroatoms. The molecule has 0 spiro atoms. The van der Waals surface area contributed by atoms with E-state index in [0.29, 0.717) is 13.0 Å². The van der Waals surface area contributed by atoms with E-state index >= 15 is 0 Å². The van der Waals surface area contributed by atoms with Crippen LogP contribution in [-0.2, 0) is 4.79 Å². The zero-order chi connectivity index (χ0) is 16.2. The molecule has 0 saturated carbocycles. The molecule has 2 aromatic rings. The lowest BCUT2D eigenvalue weighted by Gasteiger charge is -2.32. The number of benzene rings is 1. The predicted octanol–water partition coefficient (Wildman–Crippen LogP) is 2.23. The first-order chi connectivity index (χ1) is 11.1. The highest BCUT2D eigenvalue weighted by molar-refractivity contribution is 5.80. The van der Waals surface area contributed by atoms with Crippen LogP contribution in [-0.4, -0.2) is 41.9 Å². The van der Waals surface area contributed by atoms with Crippen molar-refractivity contribution in [3.8, 4) is 0 Å². The summed E-state index contributed by atoms with van der Waals surface area (Å²) >= 11 is 0. The number of alkyl halides is 2. The Balaban J connectivity index is 1.70. The Hall–Kier alpha value is -2.31. The van der Waals surface area contributed by atoms with Crippen molar-refractivity contribution in [3.63, 3.8) is 0 Å². The summed E-state index contributed by atoms with van der Waals surface area (Å²) in [7, 11) is 0. The second kappa shape index (κ2) is 6.85. The van der Waals surface area contributed by atoms with Crippen molar-refractivity contribution in [3.05, 3.63) is 30.5 Å². The van der Waals surface area contributed by atoms with Crippen LogP contribution in [0.5, 0.6) is 0 Å². The largest absolute Gasteiger partial charge is 0.355 e. The van der Waals surface area contributed by atoms with E-state index in [-0.39, 0.29) is 11.8 Å². The summed E-state index contributed by atoms with van der Waals surface area (Å²) in [5, 5.41) is 2.30. The molecule has 0 bridgehead atoms. The first-order valence-corrected chi connectivity index (χ1v) is 7.66. The van der Waals surface area contributed by atoms with E-state index in [2.05, 4.69) is 15.3 Å². The minimum absolute atomic E-state index is 0.296. The van der Waals surface area contributed by atoms with Crippen LogP contribution in [0.4, 0.5) is 14.6 Å². The van der Waals surface area contributed by atoms with Crippen LogP contribution in [0.1, 0.15) is 12.8 Å². The van der Waals surface area contributed by atoms with Crippen molar-refractivity contribution in [2.75, 3.05) is 24.5 Å². The maximum atomic E-state index is 12.2. The van der Waals surface area contributed by atoms with E-state index in [1.807, 2.05) is 29.2 Å². The lowest BCUT2D eigenvalue weighted by Crippen LogP contribution is -2.44. The quantitative estimate of drug-likeness (QED) is 0.938. The number of carbonyl (C=O) groups is 1. The van der Waals surface area contributed by atoms with Crippen LogP contribution in [0.2, 0.25) is 0 Å². The fraction of sp³-hybridized carbons (Fsp3) is 0.438. The van der Waals surface area contributed by atoms with Crippen molar-refractivity contribution in [2.24, 2.45) is 5.92 Å². The van der Waals surface area contributed by atoms with E-state index in [9.17, 15) is 13.6 Å². The second-order valence-electron chi connectivity index (χ2n) is 5.64. The first kappa shape index (κ1) is 15.6. The van der Waals surface area contributed by atoms with Gasteiger partial charge in [0, 0.05) is 13.1 Å². The van der Waals surface area contributed by atoms with Gasteiger partial charge in [-0.2, -0.15) is 0 Å². The summed E-state index contributed by atoms with van der Waals surface area (Å²) < 4.78 is 24.4. The highest BCUT2D eigenvalue weighted by atomic mass is 19.3. The molecule has 1 amide bonds. The standard InChI is InChI=1S/C16H18F2N4O/c17-14(18)8-20-16(23)11-4-3-7-22(10-11)15-9-19-12-5-1-2-6-13(12)21-15/h1-2,5-6,9,11,14H,3-4,7-8,10H2,(H,20,23). The van der Waals surface area contributed by atoms with Crippen molar-refractivity contribution < 1.29 is 13.6 Å². The summed E-state index contributed by atoms with van der Waals surface area (Å²) in [5.74, 6) is 0.106. The Kier molecular flexibility index (Phi) is 4.64. The number of carbonyl (C=O) groups excluding carboxylic acids is 1. The maximum absolute atomic E-state index is 12.2. The Morgan fingerprint density at radius 3 is 2.91 bits per heavy atom. The highest BCUT2D eigenvalue weighted by Gasteiger charge is 2.27. The molecule has 23 heavy (non-hydrogen) atoms. The SMILES string of the molecule is O=C(NCC(F)F)C1CCCN(c2cnc3ccccc3n2)C1. The molecule has 1 aliphatic rings. The Bertz CT molecular complexity index is 695. The normalized spacial score (nSPS) is 18.4. The Morgan fingerprint density at radius 1 is 1.35 bits per heavy atom. The van der Waals surface area contributed by atoms with Gasteiger partial charge in [0.05, 0.1) is 29.7 Å². The van der Waals surface area contributed by atoms with Gasteiger partial charge >= 0.3 is 0 Å². The Morgan fingerprint density at radius 2 is 2.13 bits per heavy atom. The van der Waals surface area contributed by atoms with Gasteiger partial charge in [-0.05, 0) is 25.0 Å². The van der Waals surface area contributed by atoms with Crippen LogP contribution in [0.15, 0.2) is 30.5 Å². The molecule has 0 radical (unpaired) electrons. The number of halogens is 2. The average molecular weight is 320 g/mol. The van der Waals surface area contributed by atoms with Gasteiger partial charge in [0.15, 0.2) is 0 Å². The number of piperidine rings is 1. The molecule has 1 saturated heterocycles. The predicted molar refractivity (Wildman–Crippen MR) is 83.5 cm³/mol. The molecule has 1 fully saturated rings. The number of amides is 1. The van der Waals surface area contributed by atoms with Crippen molar-refractivity contribution >= 4 is 22.8 Å². The van der Waals surface area contributed by atoms with Gasteiger partial charge in [-0.15, -0.1) is 0 Å². The van der Waals surface area contributed by atoms with E-state index in [1.54, 1.807) is 6.20 Å². The van der Waals surface area contributed by atoms with E-state index < -0.39 is 13.0 Å². The topological polar surface area (TPSA) is 58.1 Å². The van der Waals surface area contributed by atoms with E-state index in [1.165, 1.54) is 0 Å². The molecule has 2 heterocycles. The minimum atomic E-state index is -2.52. The summed E-state index contributed by atoms with van der Waals surface area (Å²) in [6.45, 7) is 0.666. The zero-order valence-corrected chi connectivity index (χ0v) is 12.6. The van der Waals surface area contributed by atoms with Gasteiger partial charge in [0.25, 0.3) is 6.43 Å². The molecule has 1 atom stereocenters. The van der Waals surface area contributed by atoms with Crippen LogP contribution in [0, 0.1) is 5.92 Å². The smallest absolute Gasteiger partial charge is 0.255 e. The number of para-hydroxylation sites is 2. The lowest BCUT2D eigenvalue weighted by atomic mass is 9.97. The Labute approximate surface area is 132 Å². The minimum Gasteiger partial charge on any atom is -0.355 e. The second-order valence-corrected chi connectivity index (χ2v) is 5.64. The number of hydrogen-bond donors (Lipinski definition) is 1. The molecule has 1 N–H and O–H groups in total. The monoisotopic (exact) mass is 320 g/mol. The van der Waals surface area contributed by atoms with Crippen molar-refractivity contribution in [1.82, 2.24) is 15.3 Å². The molecular weight excluding hydrogens is 302 g/mol. The highest BCUT2D eigenvalue weighted by Crippen LogP contribution is 2.23. The third kappa shape index (κ3) is 3.72. The number of aromatic nitrogens is 2. The molecule has 1 aromatic carbocycles. The fourth-order valence-corrected chi connectivity index (χ4v) is 2.82. The molecule has 1 unspecified atom stereocenters. The molecule has 5 nitrogen and oxygen atoms in total. The van der Waals surface area contributed by atoms with Gasteiger partial charge in [-0.1, -0.05) is 12.1 Å². The maximum Gasteiger partial charge on any atom is 0.255 e. The summed E-state index contributed by atoms with van der Waals surface area (Å²) in [5.41, 5.74) is 1.62. The molecule has 1 aromatic heterocycles. The summed E-state index contributed by atoms with van der Waals surface area (Å²) in [4.78, 5) is 22.9. The van der Waals surface area contributed by atoms with Crippen molar-refractivity contribution in [1.29, 1.82) is 0 Å². The summed E-state index contributed by atoms with van der Waals surface area (Å²) in [6.07, 6.45) is 0.695. The fourth-order valence-electron chi connectivity index (χ4n) is 2.82. The van der Waals surface area contributed by atoms with Crippen molar-refractivity contribution in [2.45, 2.75) is 19.3 Å². The number of rotatable bonds is 4. The van der Waals surface area contributed by atoms with E-state index in [4.69, 9.17) is 0 Å².